The zero-order valence-corrected chi connectivity index (χ0v) is 11.9. The maximum absolute atomic E-state index is 5.91. The second-order valence-corrected chi connectivity index (χ2v) is 5.18. The van der Waals surface area contributed by atoms with E-state index < -0.39 is 0 Å². The third-order valence-corrected chi connectivity index (χ3v) is 3.70. The predicted octanol–water partition coefficient (Wildman–Crippen LogP) is 2.85. The van der Waals surface area contributed by atoms with E-state index in [4.69, 9.17) is 13.9 Å². The van der Waals surface area contributed by atoms with E-state index in [9.17, 15) is 0 Å². The largest absolute Gasteiger partial charge is 0.458 e. The highest BCUT2D eigenvalue weighted by Crippen LogP contribution is 2.26. The summed E-state index contributed by atoms with van der Waals surface area (Å²) in [5, 5.41) is 4.36. The summed E-state index contributed by atoms with van der Waals surface area (Å²) in [6.07, 6.45) is 2.50. The van der Waals surface area contributed by atoms with E-state index in [0.29, 0.717) is 13.2 Å². The monoisotopic (exact) mass is 275 g/mol. The van der Waals surface area contributed by atoms with Gasteiger partial charge in [-0.25, -0.2) is 0 Å². The van der Waals surface area contributed by atoms with Crippen LogP contribution in [-0.4, -0.2) is 26.4 Å². The zero-order valence-electron chi connectivity index (χ0n) is 11.9. The molecule has 1 aliphatic heterocycles. The van der Waals surface area contributed by atoms with Crippen LogP contribution in [0.25, 0.3) is 11.0 Å². The smallest absolute Gasteiger partial charge is 0.135 e. The molecule has 2 aromatic rings. The zero-order chi connectivity index (χ0) is 13.8. The van der Waals surface area contributed by atoms with E-state index in [-0.39, 0.29) is 6.10 Å². The van der Waals surface area contributed by atoms with Gasteiger partial charge < -0.3 is 19.2 Å². The summed E-state index contributed by atoms with van der Waals surface area (Å²) in [7, 11) is 1.94. The summed E-state index contributed by atoms with van der Waals surface area (Å²) < 4.78 is 17.2. The molecule has 1 aromatic heterocycles. The summed E-state index contributed by atoms with van der Waals surface area (Å²) >= 11 is 0. The molecule has 0 amide bonds. The molecule has 1 N–H and O–H groups in total. The molecule has 0 spiro atoms. The number of fused-ring (bicyclic) bond motifs is 1. The molecule has 4 heteroatoms. The van der Waals surface area contributed by atoms with Crippen molar-refractivity contribution < 1.29 is 13.9 Å². The molecule has 1 fully saturated rings. The molecule has 3 rings (SSSR count). The highest BCUT2D eigenvalue weighted by molar-refractivity contribution is 5.82. The summed E-state index contributed by atoms with van der Waals surface area (Å²) in [5.74, 6) is 0.915. The van der Waals surface area contributed by atoms with Crippen LogP contribution >= 0.6 is 0 Å². The van der Waals surface area contributed by atoms with Crippen LogP contribution in [-0.2, 0) is 22.6 Å². The van der Waals surface area contributed by atoms with Gasteiger partial charge in [0.2, 0.25) is 0 Å². The van der Waals surface area contributed by atoms with E-state index in [2.05, 4.69) is 11.4 Å². The molecule has 0 saturated carbocycles. The van der Waals surface area contributed by atoms with Gasteiger partial charge in [-0.15, -0.1) is 0 Å². The number of hydrogen-bond donors (Lipinski definition) is 1. The van der Waals surface area contributed by atoms with Crippen LogP contribution in [0.15, 0.2) is 28.7 Å². The lowest BCUT2D eigenvalue weighted by Gasteiger charge is -2.09. The topological polar surface area (TPSA) is 43.6 Å². The van der Waals surface area contributed by atoms with Gasteiger partial charge in [0.05, 0.1) is 12.7 Å². The summed E-state index contributed by atoms with van der Waals surface area (Å²) in [5.41, 5.74) is 2.11. The predicted molar refractivity (Wildman–Crippen MR) is 77.6 cm³/mol. The molecule has 1 aromatic carbocycles. The maximum atomic E-state index is 5.91. The summed E-state index contributed by atoms with van der Waals surface area (Å²) in [6.45, 7) is 2.81. The fourth-order valence-electron chi connectivity index (χ4n) is 2.70. The molecule has 1 saturated heterocycles. The molecule has 0 aliphatic carbocycles. The van der Waals surface area contributed by atoms with Crippen LogP contribution in [0.1, 0.15) is 24.2 Å². The van der Waals surface area contributed by atoms with Crippen LogP contribution in [0, 0.1) is 0 Å². The van der Waals surface area contributed by atoms with E-state index in [1.54, 1.807) is 0 Å². The molecular formula is C16H21NO3. The van der Waals surface area contributed by atoms with Crippen molar-refractivity contribution in [1.82, 2.24) is 5.32 Å². The van der Waals surface area contributed by atoms with Crippen LogP contribution in [0.5, 0.6) is 0 Å². The van der Waals surface area contributed by atoms with E-state index in [1.165, 1.54) is 5.56 Å². The normalized spacial score (nSPS) is 18.9. The first-order valence-corrected chi connectivity index (χ1v) is 7.21. The summed E-state index contributed by atoms with van der Waals surface area (Å²) in [4.78, 5) is 0. The Bertz CT molecular complexity index is 558. The van der Waals surface area contributed by atoms with Crippen molar-refractivity contribution in [3.63, 3.8) is 0 Å². The molecule has 0 radical (unpaired) electrons. The Morgan fingerprint density at radius 1 is 1.35 bits per heavy atom. The van der Waals surface area contributed by atoms with Gasteiger partial charge in [0.15, 0.2) is 0 Å². The molecule has 0 bridgehead atoms. The molecule has 4 nitrogen and oxygen atoms in total. The van der Waals surface area contributed by atoms with Crippen molar-refractivity contribution in [1.29, 1.82) is 0 Å². The van der Waals surface area contributed by atoms with Gasteiger partial charge >= 0.3 is 0 Å². The van der Waals surface area contributed by atoms with E-state index in [0.717, 1.165) is 42.7 Å². The fraction of sp³-hybridized carbons (Fsp3) is 0.500. The van der Waals surface area contributed by atoms with Gasteiger partial charge in [0, 0.05) is 24.1 Å². The highest BCUT2D eigenvalue weighted by atomic mass is 16.5. The number of para-hydroxylation sites is 1. The van der Waals surface area contributed by atoms with E-state index >= 15 is 0 Å². The number of hydrogen-bond acceptors (Lipinski definition) is 4. The minimum Gasteiger partial charge on any atom is -0.458 e. The van der Waals surface area contributed by atoms with Crippen LogP contribution in [0.2, 0.25) is 0 Å². The number of benzene rings is 1. The average Bonchev–Trinajstić information content (AvgIpc) is 3.08. The Labute approximate surface area is 119 Å². The minimum absolute atomic E-state index is 0.257. The SMILES string of the molecule is CNCc1c(COCC2CCCO2)oc2ccccc12. The molecule has 1 aliphatic rings. The molecule has 108 valence electrons. The van der Waals surface area contributed by atoms with Gasteiger partial charge in [-0.2, -0.15) is 0 Å². The first-order valence-electron chi connectivity index (χ1n) is 7.21. The highest BCUT2D eigenvalue weighted by Gasteiger charge is 2.17. The van der Waals surface area contributed by atoms with E-state index in [1.807, 2.05) is 25.2 Å². The second-order valence-electron chi connectivity index (χ2n) is 5.18. The first-order chi connectivity index (χ1) is 9.88. The van der Waals surface area contributed by atoms with Gasteiger partial charge in [0.25, 0.3) is 0 Å². The van der Waals surface area contributed by atoms with Gasteiger partial charge in [-0.1, -0.05) is 18.2 Å². The van der Waals surface area contributed by atoms with Gasteiger partial charge in [-0.3, -0.25) is 0 Å². The summed E-state index contributed by atoms with van der Waals surface area (Å²) in [6, 6.07) is 8.12. The Hall–Kier alpha value is -1.36. The lowest BCUT2D eigenvalue weighted by molar-refractivity contribution is 0.00588. The number of ether oxygens (including phenoxy) is 2. The van der Waals surface area contributed by atoms with Crippen molar-refractivity contribution in [2.75, 3.05) is 20.3 Å². The third kappa shape index (κ3) is 2.87. The van der Waals surface area contributed by atoms with Gasteiger partial charge in [-0.05, 0) is 26.0 Å². The molecular weight excluding hydrogens is 254 g/mol. The average molecular weight is 275 g/mol. The number of furan rings is 1. The number of nitrogens with one attached hydrogen (secondary N) is 1. The Morgan fingerprint density at radius 3 is 3.05 bits per heavy atom. The van der Waals surface area contributed by atoms with Crippen molar-refractivity contribution >= 4 is 11.0 Å². The maximum Gasteiger partial charge on any atom is 0.135 e. The van der Waals surface area contributed by atoms with Crippen LogP contribution < -0.4 is 5.32 Å². The van der Waals surface area contributed by atoms with Crippen LogP contribution in [0.4, 0.5) is 0 Å². The molecule has 1 unspecified atom stereocenters. The van der Waals surface area contributed by atoms with Crippen LogP contribution in [0.3, 0.4) is 0 Å². The Balaban J connectivity index is 1.70. The third-order valence-electron chi connectivity index (χ3n) is 3.70. The molecule has 20 heavy (non-hydrogen) atoms. The quantitative estimate of drug-likeness (QED) is 0.880. The number of rotatable bonds is 6. The van der Waals surface area contributed by atoms with Crippen molar-refractivity contribution in [2.24, 2.45) is 0 Å². The van der Waals surface area contributed by atoms with Crippen molar-refractivity contribution in [3.8, 4) is 0 Å². The van der Waals surface area contributed by atoms with Gasteiger partial charge in [0.1, 0.15) is 18.0 Å². The second kappa shape index (κ2) is 6.39. The molecule has 2 heterocycles. The minimum atomic E-state index is 0.257. The van der Waals surface area contributed by atoms with Crippen molar-refractivity contribution in [3.05, 3.63) is 35.6 Å². The first kappa shape index (κ1) is 13.6. The lowest BCUT2D eigenvalue weighted by atomic mass is 10.1. The molecule has 1 atom stereocenters. The Kier molecular flexibility index (Phi) is 4.35. The standard InChI is InChI=1S/C16H21NO3/c1-17-9-14-13-6-2-3-7-15(13)20-16(14)11-18-10-12-5-4-8-19-12/h2-3,6-7,12,17H,4-5,8-11H2,1H3. The lowest BCUT2D eigenvalue weighted by Crippen LogP contribution is -2.14. The fourth-order valence-corrected chi connectivity index (χ4v) is 2.70. The Morgan fingerprint density at radius 2 is 2.25 bits per heavy atom. The van der Waals surface area contributed by atoms with Crippen molar-refractivity contribution in [2.45, 2.75) is 32.1 Å².